The van der Waals surface area contributed by atoms with Crippen molar-refractivity contribution in [2.45, 2.75) is 31.2 Å². The Balaban J connectivity index is 2.14. The van der Waals surface area contributed by atoms with Gasteiger partial charge in [0.2, 0.25) is 0 Å². The summed E-state index contributed by atoms with van der Waals surface area (Å²) >= 11 is 0. The van der Waals surface area contributed by atoms with Crippen LogP contribution in [-0.2, 0) is 9.47 Å². The van der Waals surface area contributed by atoms with E-state index in [1.807, 2.05) is 0 Å². The first-order valence-electron chi connectivity index (χ1n) is 6.21. The Labute approximate surface area is 115 Å². The van der Waals surface area contributed by atoms with Gasteiger partial charge in [-0.2, -0.15) is 0 Å². The predicted molar refractivity (Wildman–Crippen MR) is 68.3 cm³/mol. The smallest absolute Gasteiger partial charge is 0.311 e. The van der Waals surface area contributed by atoms with E-state index in [1.54, 1.807) is 14.2 Å². The van der Waals surface area contributed by atoms with Crippen LogP contribution >= 0.6 is 0 Å². The van der Waals surface area contributed by atoms with Gasteiger partial charge in [0, 0.05) is 39.2 Å². The van der Waals surface area contributed by atoms with Crippen LogP contribution in [0.4, 0.5) is 10.1 Å². The van der Waals surface area contributed by atoms with Crippen molar-refractivity contribution in [1.29, 1.82) is 0 Å². The van der Waals surface area contributed by atoms with E-state index in [9.17, 15) is 14.5 Å². The van der Waals surface area contributed by atoms with Crippen molar-refractivity contribution in [2.75, 3.05) is 14.2 Å². The molecule has 0 heterocycles. The van der Waals surface area contributed by atoms with Gasteiger partial charge in [0.25, 0.3) is 0 Å². The Hall–Kier alpha value is -1.73. The normalized spacial score (nSPS) is 25.6. The minimum atomic E-state index is -0.592. The van der Waals surface area contributed by atoms with Crippen LogP contribution in [0.5, 0.6) is 5.75 Å². The highest BCUT2D eigenvalue weighted by Crippen LogP contribution is 2.33. The van der Waals surface area contributed by atoms with Crippen LogP contribution in [-0.4, -0.2) is 37.5 Å². The molecule has 1 aromatic rings. The van der Waals surface area contributed by atoms with E-state index >= 15 is 0 Å². The summed E-state index contributed by atoms with van der Waals surface area (Å²) in [6, 6.07) is 3.16. The van der Waals surface area contributed by atoms with Crippen LogP contribution in [0, 0.1) is 15.9 Å². The Bertz CT molecular complexity index is 484. The third-order valence-corrected chi connectivity index (χ3v) is 3.42. The molecule has 7 heteroatoms. The molecule has 0 saturated heterocycles. The summed E-state index contributed by atoms with van der Waals surface area (Å²) in [6.07, 6.45) is 0.534. The van der Waals surface area contributed by atoms with E-state index in [0.29, 0.717) is 12.8 Å². The molecule has 1 aliphatic rings. The zero-order valence-electron chi connectivity index (χ0n) is 11.2. The lowest BCUT2D eigenvalue weighted by Crippen LogP contribution is -2.23. The first-order chi connectivity index (χ1) is 9.55. The highest BCUT2D eigenvalue weighted by atomic mass is 19.1. The summed E-state index contributed by atoms with van der Waals surface area (Å²) in [6.45, 7) is 0. The predicted octanol–water partition coefficient (Wildman–Crippen LogP) is 2.31. The quantitative estimate of drug-likeness (QED) is 0.613. The lowest BCUT2D eigenvalue weighted by molar-refractivity contribution is -0.386. The van der Waals surface area contributed by atoms with Crippen LogP contribution in [0.3, 0.4) is 0 Å². The minimum absolute atomic E-state index is 0.0633. The maximum absolute atomic E-state index is 13.2. The van der Waals surface area contributed by atoms with Crippen LogP contribution in [0.1, 0.15) is 12.8 Å². The van der Waals surface area contributed by atoms with E-state index in [2.05, 4.69) is 0 Å². The van der Waals surface area contributed by atoms with Gasteiger partial charge in [-0.05, 0) is 6.07 Å². The maximum Gasteiger partial charge on any atom is 0.311 e. The maximum atomic E-state index is 13.2. The van der Waals surface area contributed by atoms with Crippen molar-refractivity contribution in [1.82, 2.24) is 0 Å². The fraction of sp³-hybridized carbons (Fsp3) is 0.538. The lowest BCUT2D eigenvalue weighted by Gasteiger charge is -2.14. The number of hydrogen-bond donors (Lipinski definition) is 0. The van der Waals surface area contributed by atoms with Gasteiger partial charge in [0.15, 0.2) is 5.75 Å². The zero-order valence-corrected chi connectivity index (χ0v) is 11.2. The van der Waals surface area contributed by atoms with Crippen molar-refractivity contribution in [3.05, 3.63) is 34.1 Å². The topological polar surface area (TPSA) is 70.8 Å². The molecule has 1 fully saturated rings. The molecule has 0 amide bonds. The van der Waals surface area contributed by atoms with Gasteiger partial charge in [0.1, 0.15) is 11.9 Å². The average Bonchev–Trinajstić information content (AvgIpc) is 2.80. The van der Waals surface area contributed by atoms with Gasteiger partial charge in [-0.15, -0.1) is 0 Å². The number of nitro benzene ring substituents is 1. The summed E-state index contributed by atoms with van der Waals surface area (Å²) < 4.78 is 29.3. The Morgan fingerprint density at radius 1 is 1.25 bits per heavy atom. The highest BCUT2D eigenvalue weighted by molar-refractivity contribution is 5.46. The summed E-state index contributed by atoms with van der Waals surface area (Å²) in [5.41, 5.74) is -0.249. The molecule has 0 spiro atoms. The highest BCUT2D eigenvalue weighted by Gasteiger charge is 2.36. The molecule has 1 saturated carbocycles. The summed E-state index contributed by atoms with van der Waals surface area (Å²) in [7, 11) is 3.15. The molecular formula is C13H16FNO5. The molecule has 0 bridgehead atoms. The largest absolute Gasteiger partial charge is 0.483 e. The number of halogens is 1. The number of benzene rings is 1. The monoisotopic (exact) mass is 285 g/mol. The second-order valence-electron chi connectivity index (χ2n) is 4.63. The second kappa shape index (κ2) is 6.15. The van der Waals surface area contributed by atoms with Gasteiger partial charge < -0.3 is 14.2 Å². The van der Waals surface area contributed by atoms with E-state index in [-0.39, 0.29) is 29.7 Å². The number of ether oxygens (including phenoxy) is 3. The van der Waals surface area contributed by atoms with Crippen molar-refractivity contribution in [2.24, 2.45) is 0 Å². The van der Waals surface area contributed by atoms with Crippen molar-refractivity contribution >= 4 is 5.69 Å². The number of methoxy groups -OCH3 is 2. The van der Waals surface area contributed by atoms with Crippen molar-refractivity contribution in [3.8, 4) is 5.75 Å². The third kappa shape index (κ3) is 3.05. The van der Waals surface area contributed by atoms with Gasteiger partial charge >= 0.3 is 5.69 Å². The van der Waals surface area contributed by atoms with Crippen LogP contribution < -0.4 is 4.74 Å². The van der Waals surface area contributed by atoms with E-state index in [4.69, 9.17) is 14.2 Å². The standard InChI is InChI=1S/C13H16FNO5/c1-18-12-6-9(7-13(12)19-2)20-11-5-8(14)3-4-10(11)15(16)17/h3-5,9,12-13H,6-7H2,1-2H3/t9?,12-,13+. The number of hydrogen-bond acceptors (Lipinski definition) is 5. The van der Waals surface area contributed by atoms with Crippen LogP contribution in [0.2, 0.25) is 0 Å². The van der Waals surface area contributed by atoms with Gasteiger partial charge in [-0.1, -0.05) is 0 Å². The first kappa shape index (κ1) is 14.7. The first-order valence-corrected chi connectivity index (χ1v) is 6.21. The zero-order chi connectivity index (χ0) is 14.7. The van der Waals surface area contributed by atoms with Crippen LogP contribution in [0.25, 0.3) is 0 Å². The van der Waals surface area contributed by atoms with Crippen molar-refractivity contribution < 1.29 is 23.5 Å². The number of nitrogens with zero attached hydrogens (tertiary/aromatic N) is 1. The molecule has 1 aromatic carbocycles. The SMILES string of the molecule is CO[C@H]1CC(Oc2cc(F)ccc2[N+](=O)[O-])C[C@H]1OC. The molecule has 1 unspecified atom stereocenters. The van der Waals surface area contributed by atoms with E-state index in [1.165, 1.54) is 0 Å². The molecule has 6 nitrogen and oxygen atoms in total. The van der Waals surface area contributed by atoms with Crippen molar-refractivity contribution in [3.63, 3.8) is 0 Å². The van der Waals surface area contributed by atoms with E-state index < -0.39 is 10.7 Å². The molecule has 2 rings (SSSR count). The molecule has 20 heavy (non-hydrogen) atoms. The molecule has 0 radical (unpaired) electrons. The summed E-state index contributed by atoms with van der Waals surface area (Å²) in [5, 5.41) is 10.9. The summed E-state index contributed by atoms with van der Waals surface area (Å²) in [5.74, 6) is -0.637. The molecule has 0 N–H and O–H groups in total. The molecular weight excluding hydrogens is 269 g/mol. The molecule has 0 aliphatic heterocycles. The molecule has 110 valence electrons. The van der Waals surface area contributed by atoms with Crippen LogP contribution in [0.15, 0.2) is 18.2 Å². The second-order valence-corrected chi connectivity index (χ2v) is 4.63. The van der Waals surface area contributed by atoms with Gasteiger partial charge in [-0.25, -0.2) is 4.39 Å². The Morgan fingerprint density at radius 3 is 2.35 bits per heavy atom. The number of nitro groups is 1. The molecule has 0 aromatic heterocycles. The fourth-order valence-corrected chi connectivity index (χ4v) is 2.42. The molecule has 1 aliphatic carbocycles. The summed E-state index contributed by atoms with van der Waals surface area (Å²) in [4.78, 5) is 10.3. The minimum Gasteiger partial charge on any atom is -0.483 e. The fourth-order valence-electron chi connectivity index (χ4n) is 2.42. The number of rotatable bonds is 5. The lowest BCUT2D eigenvalue weighted by atomic mass is 10.2. The average molecular weight is 285 g/mol. The third-order valence-electron chi connectivity index (χ3n) is 3.42. The Morgan fingerprint density at radius 2 is 1.85 bits per heavy atom. The van der Waals surface area contributed by atoms with Gasteiger partial charge in [0.05, 0.1) is 17.1 Å². The van der Waals surface area contributed by atoms with E-state index in [0.717, 1.165) is 18.2 Å². The van der Waals surface area contributed by atoms with Gasteiger partial charge in [-0.3, -0.25) is 10.1 Å². The Kier molecular flexibility index (Phi) is 4.51. The molecule has 3 atom stereocenters.